The smallest absolute Gasteiger partial charge is 0.160 e. The van der Waals surface area contributed by atoms with Crippen LogP contribution in [0.4, 0.5) is 0 Å². The molecule has 3 aliphatic rings. The summed E-state index contributed by atoms with van der Waals surface area (Å²) in [5, 5.41) is 0. The largest absolute Gasteiger partial charge is 0.373 e. The van der Waals surface area contributed by atoms with E-state index in [1.165, 1.54) is 32.1 Å². The maximum absolute atomic E-state index is 6.29. The molecule has 2 unspecified atom stereocenters. The second-order valence-corrected chi connectivity index (χ2v) is 6.79. The van der Waals surface area contributed by atoms with Crippen LogP contribution in [-0.2, 0) is 14.2 Å². The van der Waals surface area contributed by atoms with Gasteiger partial charge in [-0.25, -0.2) is 0 Å². The van der Waals surface area contributed by atoms with Gasteiger partial charge in [-0.2, -0.15) is 0 Å². The lowest BCUT2D eigenvalue weighted by Crippen LogP contribution is -2.41. The van der Waals surface area contributed by atoms with Gasteiger partial charge < -0.3 is 14.2 Å². The first kappa shape index (κ1) is 13.8. The predicted molar refractivity (Wildman–Crippen MR) is 73.8 cm³/mol. The van der Waals surface area contributed by atoms with Crippen LogP contribution < -0.4 is 0 Å². The van der Waals surface area contributed by atoms with E-state index in [2.05, 4.69) is 13.8 Å². The molecule has 0 N–H and O–H groups in total. The minimum Gasteiger partial charge on any atom is -0.373 e. The number of ether oxygens (including phenoxy) is 3. The zero-order chi connectivity index (χ0) is 13.4. The molecule has 0 radical (unpaired) electrons. The van der Waals surface area contributed by atoms with Gasteiger partial charge in [-0.1, -0.05) is 19.8 Å². The quantitative estimate of drug-likeness (QED) is 0.731. The molecule has 0 amide bonds. The van der Waals surface area contributed by atoms with E-state index in [0.29, 0.717) is 30.5 Å². The first-order valence-electron chi connectivity index (χ1n) is 8.00. The molecule has 19 heavy (non-hydrogen) atoms. The molecule has 3 rings (SSSR count). The van der Waals surface area contributed by atoms with Gasteiger partial charge in [-0.05, 0) is 43.9 Å². The Morgan fingerprint density at radius 2 is 1.89 bits per heavy atom. The molecular formula is C16H28O3. The highest BCUT2D eigenvalue weighted by Crippen LogP contribution is 2.48. The third-order valence-corrected chi connectivity index (χ3v) is 5.69. The van der Waals surface area contributed by atoms with E-state index >= 15 is 0 Å². The standard InChI is InChI=1S/C16H28O3/c1-10-7-8-12-5-4-6-13-11(2)16(17-3)18-9-14(19-10)15(12)13/h10-16H,4-9H2,1-3H3/t10?,11-,12-,13+,14+,15?,16+/m1/s1. The molecule has 1 aliphatic carbocycles. The average Bonchev–Trinajstić information content (AvgIpc) is 2.66. The highest BCUT2D eigenvalue weighted by Gasteiger charge is 2.47. The van der Waals surface area contributed by atoms with Crippen molar-refractivity contribution in [2.24, 2.45) is 23.7 Å². The summed E-state index contributed by atoms with van der Waals surface area (Å²) in [7, 11) is 1.77. The van der Waals surface area contributed by atoms with E-state index in [1.807, 2.05) is 0 Å². The lowest BCUT2D eigenvalue weighted by Gasteiger charge is -2.41. The molecule has 2 saturated heterocycles. The van der Waals surface area contributed by atoms with Gasteiger partial charge in [0.15, 0.2) is 6.29 Å². The van der Waals surface area contributed by atoms with Crippen LogP contribution in [0.2, 0.25) is 0 Å². The Morgan fingerprint density at radius 3 is 2.68 bits per heavy atom. The van der Waals surface area contributed by atoms with Crippen LogP contribution in [0, 0.1) is 23.7 Å². The van der Waals surface area contributed by atoms with Crippen molar-refractivity contribution in [3.63, 3.8) is 0 Å². The van der Waals surface area contributed by atoms with Gasteiger partial charge in [-0.3, -0.25) is 0 Å². The van der Waals surface area contributed by atoms with Gasteiger partial charge in [0.2, 0.25) is 0 Å². The molecule has 2 heterocycles. The van der Waals surface area contributed by atoms with Gasteiger partial charge in [0.05, 0.1) is 18.8 Å². The second-order valence-electron chi connectivity index (χ2n) is 6.79. The Balaban J connectivity index is 1.87. The topological polar surface area (TPSA) is 27.7 Å². The van der Waals surface area contributed by atoms with Crippen LogP contribution in [0.5, 0.6) is 0 Å². The summed E-state index contributed by atoms with van der Waals surface area (Å²) in [4.78, 5) is 0. The van der Waals surface area contributed by atoms with E-state index in [0.717, 1.165) is 5.92 Å². The summed E-state index contributed by atoms with van der Waals surface area (Å²) in [6, 6.07) is 0. The molecule has 0 bridgehead atoms. The highest BCUT2D eigenvalue weighted by molar-refractivity contribution is 4.94. The van der Waals surface area contributed by atoms with Gasteiger partial charge in [-0.15, -0.1) is 0 Å². The van der Waals surface area contributed by atoms with E-state index in [-0.39, 0.29) is 12.4 Å². The van der Waals surface area contributed by atoms with Crippen LogP contribution in [-0.4, -0.2) is 32.2 Å². The molecule has 1 saturated carbocycles. The van der Waals surface area contributed by atoms with Crippen LogP contribution in [0.15, 0.2) is 0 Å². The van der Waals surface area contributed by atoms with Crippen molar-refractivity contribution in [2.75, 3.05) is 13.7 Å². The molecule has 3 nitrogen and oxygen atoms in total. The maximum Gasteiger partial charge on any atom is 0.160 e. The Kier molecular flexibility index (Phi) is 4.16. The van der Waals surface area contributed by atoms with Gasteiger partial charge >= 0.3 is 0 Å². The lowest BCUT2D eigenvalue weighted by molar-refractivity contribution is -0.166. The SMILES string of the molecule is CO[C@H]1OC[C@@H]2OC(C)CC[C@H]3CCC[C@H](C32)[C@H]1C. The molecule has 0 aromatic carbocycles. The van der Waals surface area contributed by atoms with Crippen molar-refractivity contribution in [1.29, 1.82) is 0 Å². The number of methoxy groups -OCH3 is 1. The fourth-order valence-corrected chi connectivity index (χ4v) is 4.76. The fraction of sp³-hybridized carbons (Fsp3) is 1.00. The van der Waals surface area contributed by atoms with E-state index in [9.17, 15) is 0 Å². The number of rotatable bonds is 1. The van der Waals surface area contributed by atoms with Gasteiger partial charge in [0.25, 0.3) is 0 Å². The van der Waals surface area contributed by atoms with Gasteiger partial charge in [0, 0.05) is 13.0 Å². The Labute approximate surface area is 117 Å². The fourth-order valence-electron chi connectivity index (χ4n) is 4.76. The van der Waals surface area contributed by atoms with Gasteiger partial charge in [0.1, 0.15) is 0 Å². The monoisotopic (exact) mass is 268 g/mol. The molecule has 0 aromatic rings. The third-order valence-electron chi connectivity index (χ3n) is 5.69. The Bertz CT molecular complexity index is 306. The number of hydrogen-bond acceptors (Lipinski definition) is 3. The first-order valence-corrected chi connectivity index (χ1v) is 8.00. The van der Waals surface area contributed by atoms with Crippen LogP contribution >= 0.6 is 0 Å². The molecule has 110 valence electrons. The zero-order valence-electron chi connectivity index (χ0n) is 12.5. The van der Waals surface area contributed by atoms with Crippen LogP contribution in [0.3, 0.4) is 0 Å². The lowest BCUT2D eigenvalue weighted by atomic mass is 9.65. The maximum atomic E-state index is 6.29. The minimum absolute atomic E-state index is 0.0467. The molecular weight excluding hydrogens is 240 g/mol. The van der Waals surface area contributed by atoms with Crippen LogP contribution in [0.1, 0.15) is 46.0 Å². The molecule has 0 aromatic heterocycles. The Morgan fingerprint density at radius 1 is 1.05 bits per heavy atom. The molecule has 2 aliphatic heterocycles. The van der Waals surface area contributed by atoms with Crippen molar-refractivity contribution in [3.05, 3.63) is 0 Å². The summed E-state index contributed by atoms with van der Waals surface area (Å²) in [5.41, 5.74) is 0. The molecule has 0 spiro atoms. The van der Waals surface area contributed by atoms with Crippen molar-refractivity contribution >= 4 is 0 Å². The molecule has 3 fully saturated rings. The van der Waals surface area contributed by atoms with Crippen molar-refractivity contribution in [3.8, 4) is 0 Å². The third kappa shape index (κ3) is 2.57. The van der Waals surface area contributed by atoms with Crippen molar-refractivity contribution in [1.82, 2.24) is 0 Å². The summed E-state index contributed by atoms with van der Waals surface area (Å²) in [5.74, 6) is 2.73. The highest BCUT2D eigenvalue weighted by atomic mass is 16.7. The van der Waals surface area contributed by atoms with Crippen molar-refractivity contribution < 1.29 is 14.2 Å². The summed E-state index contributed by atoms with van der Waals surface area (Å²) >= 11 is 0. The zero-order valence-corrected chi connectivity index (χ0v) is 12.5. The number of hydrogen-bond donors (Lipinski definition) is 0. The predicted octanol–water partition coefficient (Wildman–Crippen LogP) is 3.23. The van der Waals surface area contributed by atoms with Crippen LogP contribution in [0.25, 0.3) is 0 Å². The van der Waals surface area contributed by atoms with Crippen molar-refractivity contribution in [2.45, 2.75) is 64.4 Å². The van der Waals surface area contributed by atoms with E-state index in [1.54, 1.807) is 7.11 Å². The average molecular weight is 268 g/mol. The summed E-state index contributed by atoms with van der Waals surface area (Å²) in [6.45, 7) is 5.23. The summed E-state index contributed by atoms with van der Waals surface area (Å²) in [6.07, 6.45) is 7.25. The Hall–Kier alpha value is -0.120. The minimum atomic E-state index is -0.0467. The van der Waals surface area contributed by atoms with E-state index < -0.39 is 0 Å². The first-order chi connectivity index (χ1) is 9.20. The molecule has 7 atom stereocenters. The summed E-state index contributed by atoms with van der Waals surface area (Å²) < 4.78 is 17.9. The second kappa shape index (κ2) is 5.71. The normalized spacial score (nSPS) is 51.0. The van der Waals surface area contributed by atoms with E-state index in [4.69, 9.17) is 14.2 Å². The molecule has 3 heteroatoms.